The monoisotopic (exact) mass is 344 g/mol. The minimum atomic E-state index is -0.373. The number of carbonyl (C=O) groups is 2. The van der Waals surface area contributed by atoms with Crippen molar-refractivity contribution >= 4 is 35.3 Å². The second-order valence-corrected chi connectivity index (χ2v) is 6.11. The molecule has 0 aromatic heterocycles. The minimum absolute atomic E-state index is 0.354. The third-order valence-corrected chi connectivity index (χ3v) is 3.82. The summed E-state index contributed by atoms with van der Waals surface area (Å²) in [6.07, 6.45) is 3.95. The largest absolute Gasteiger partial charge is 0.304 e. The van der Waals surface area contributed by atoms with E-state index in [1.54, 1.807) is 47.8 Å². The summed E-state index contributed by atoms with van der Waals surface area (Å²) in [5.41, 5.74) is 0.827. The van der Waals surface area contributed by atoms with Gasteiger partial charge in [0.05, 0.1) is 24.3 Å². The number of hydrogen-bond donors (Lipinski definition) is 1. The van der Waals surface area contributed by atoms with Crippen LogP contribution in [-0.2, 0) is 9.68 Å². The number of benzene rings is 1. The molecule has 1 aliphatic rings. The van der Waals surface area contributed by atoms with Gasteiger partial charge in [0, 0.05) is 11.5 Å². The van der Waals surface area contributed by atoms with Crippen LogP contribution < -0.4 is 5.90 Å². The molecule has 0 aliphatic carbocycles. The lowest BCUT2D eigenvalue weighted by atomic mass is 10.1. The summed E-state index contributed by atoms with van der Waals surface area (Å²) in [6, 6.07) is 6.73. The maximum Gasteiger partial charge on any atom is 0.285 e. The SMILES string of the molecule is CSCCON.CSCCON1C(=O)c2ccccc2C1=O. The molecule has 2 rings (SSSR count). The molecule has 1 aromatic rings. The average Bonchev–Trinajstić information content (AvgIpc) is 2.79. The Labute approximate surface area is 138 Å². The Morgan fingerprint density at radius 2 is 1.50 bits per heavy atom. The normalized spacial score (nSPS) is 13.0. The molecule has 0 saturated carbocycles. The first-order valence-corrected chi connectivity index (χ1v) is 9.36. The van der Waals surface area contributed by atoms with Crippen LogP contribution in [0.5, 0.6) is 0 Å². The van der Waals surface area contributed by atoms with Crippen molar-refractivity contribution in [3.05, 3.63) is 35.4 Å². The molecular weight excluding hydrogens is 324 g/mol. The number of nitrogens with zero attached hydrogens (tertiary/aromatic N) is 1. The number of rotatable bonds is 7. The zero-order valence-corrected chi connectivity index (χ0v) is 14.2. The summed E-state index contributed by atoms with van der Waals surface area (Å²) in [6.45, 7) is 1.01. The molecular formula is C14H20N2O4S2. The standard InChI is InChI=1S/C11H11NO3S.C3H9NOS/c1-16-7-6-15-12-10(13)8-4-2-3-5-9(8)11(12)14;1-6-3-2-5-4/h2-5H,6-7H2,1H3;2-4H2,1H3. The molecule has 22 heavy (non-hydrogen) atoms. The lowest BCUT2D eigenvalue weighted by Crippen LogP contribution is -2.30. The molecule has 8 heteroatoms. The Hall–Kier alpha value is -1.06. The van der Waals surface area contributed by atoms with Crippen molar-refractivity contribution in [2.75, 3.05) is 37.2 Å². The highest BCUT2D eigenvalue weighted by molar-refractivity contribution is 7.98. The van der Waals surface area contributed by atoms with Crippen LogP contribution in [0.3, 0.4) is 0 Å². The number of imide groups is 1. The molecule has 0 radical (unpaired) electrons. The number of hydrogen-bond acceptors (Lipinski definition) is 7. The van der Waals surface area contributed by atoms with Gasteiger partial charge in [-0.1, -0.05) is 12.1 Å². The van der Waals surface area contributed by atoms with Gasteiger partial charge in [0.2, 0.25) is 0 Å². The van der Waals surface area contributed by atoms with E-state index in [2.05, 4.69) is 4.84 Å². The number of thioether (sulfide) groups is 2. The molecule has 122 valence electrons. The van der Waals surface area contributed by atoms with E-state index in [9.17, 15) is 9.59 Å². The van der Waals surface area contributed by atoms with Crippen LogP contribution in [0.4, 0.5) is 0 Å². The van der Waals surface area contributed by atoms with Crippen molar-refractivity contribution < 1.29 is 19.3 Å². The topological polar surface area (TPSA) is 81.9 Å². The number of amides is 2. The summed E-state index contributed by atoms with van der Waals surface area (Å²) in [5, 5.41) is 0.848. The van der Waals surface area contributed by atoms with Crippen molar-refractivity contribution in [1.82, 2.24) is 5.06 Å². The van der Waals surface area contributed by atoms with Crippen molar-refractivity contribution in [3.8, 4) is 0 Å². The maximum atomic E-state index is 11.8. The molecule has 0 atom stereocenters. The number of carbonyl (C=O) groups excluding carboxylic acids is 2. The Bertz CT molecular complexity index is 460. The van der Waals surface area contributed by atoms with Gasteiger partial charge < -0.3 is 4.84 Å². The van der Waals surface area contributed by atoms with Gasteiger partial charge in [-0.2, -0.15) is 23.5 Å². The van der Waals surface area contributed by atoms with Crippen molar-refractivity contribution in [1.29, 1.82) is 0 Å². The smallest absolute Gasteiger partial charge is 0.285 e. The van der Waals surface area contributed by atoms with Gasteiger partial charge in [-0.25, -0.2) is 5.90 Å². The van der Waals surface area contributed by atoms with Gasteiger partial charge in [-0.05, 0) is 24.6 Å². The first kappa shape index (κ1) is 19.0. The minimum Gasteiger partial charge on any atom is -0.304 e. The molecule has 0 unspecified atom stereocenters. The van der Waals surface area contributed by atoms with Crippen LogP contribution in [0.1, 0.15) is 20.7 Å². The van der Waals surface area contributed by atoms with Crippen molar-refractivity contribution in [2.24, 2.45) is 5.90 Å². The van der Waals surface area contributed by atoms with E-state index in [1.807, 2.05) is 12.5 Å². The van der Waals surface area contributed by atoms with Gasteiger partial charge in [0.25, 0.3) is 11.8 Å². The molecule has 0 fully saturated rings. The summed E-state index contributed by atoms with van der Waals surface area (Å²) in [5.74, 6) is 5.68. The zero-order valence-electron chi connectivity index (χ0n) is 12.6. The average molecular weight is 344 g/mol. The molecule has 1 aromatic carbocycles. The Balaban J connectivity index is 0.000000346. The van der Waals surface area contributed by atoms with Gasteiger partial charge in [-0.3, -0.25) is 14.4 Å². The number of fused-ring (bicyclic) bond motifs is 1. The molecule has 2 N–H and O–H groups in total. The fourth-order valence-corrected chi connectivity index (χ4v) is 2.13. The van der Waals surface area contributed by atoms with Crippen LogP contribution in [0.15, 0.2) is 24.3 Å². The molecule has 0 spiro atoms. The highest BCUT2D eigenvalue weighted by atomic mass is 32.2. The molecule has 6 nitrogen and oxygen atoms in total. The van der Waals surface area contributed by atoms with Gasteiger partial charge in [-0.15, -0.1) is 5.06 Å². The lowest BCUT2D eigenvalue weighted by molar-refractivity contribution is -0.0852. The van der Waals surface area contributed by atoms with Gasteiger partial charge in [0.15, 0.2) is 0 Å². The quantitative estimate of drug-likeness (QED) is 0.459. The van der Waals surface area contributed by atoms with Gasteiger partial charge >= 0.3 is 0 Å². The van der Waals surface area contributed by atoms with E-state index in [1.165, 1.54) is 0 Å². The van der Waals surface area contributed by atoms with Crippen LogP contribution >= 0.6 is 23.5 Å². The van der Waals surface area contributed by atoms with E-state index >= 15 is 0 Å². The highest BCUT2D eigenvalue weighted by Gasteiger charge is 2.36. The summed E-state index contributed by atoms with van der Waals surface area (Å²) in [4.78, 5) is 33.0. The van der Waals surface area contributed by atoms with Gasteiger partial charge in [0.1, 0.15) is 0 Å². The van der Waals surface area contributed by atoms with Crippen LogP contribution in [0, 0.1) is 0 Å². The van der Waals surface area contributed by atoms with E-state index in [0.717, 1.165) is 16.6 Å². The summed E-state index contributed by atoms with van der Waals surface area (Å²) < 4.78 is 0. The second-order valence-electron chi connectivity index (χ2n) is 4.14. The van der Waals surface area contributed by atoms with Crippen molar-refractivity contribution in [3.63, 3.8) is 0 Å². The third-order valence-electron chi connectivity index (χ3n) is 2.67. The molecule has 2 amide bonds. The highest BCUT2D eigenvalue weighted by Crippen LogP contribution is 2.22. The predicted molar refractivity (Wildman–Crippen MR) is 89.8 cm³/mol. The summed E-state index contributed by atoms with van der Waals surface area (Å²) in [7, 11) is 0. The third kappa shape index (κ3) is 5.29. The Morgan fingerprint density at radius 1 is 1.00 bits per heavy atom. The van der Waals surface area contributed by atoms with Crippen molar-refractivity contribution in [2.45, 2.75) is 0 Å². The molecule has 1 heterocycles. The van der Waals surface area contributed by atoms with Crippen LogP contribution in [-0.4, -0.2) is 54.1 Å². The van der Waals surface area contributed by atoms with E-state index in [4.69, 9.17) is 10.7 Å². The first-order chi connectivity index (χ1) is 10.7. The Kier molecular flexibility index (Phi) is 9.17. The fourth-order valence-electron chi connectivity index (χ4n) is 1.63. The second kappa shape index (κ2) is 10.6. The van der Waals surface area contributed by atoms with E-state index in [0.29, 0.717) is 24.3 Å². The first-order valence-electron chi connectivity index (χ1n) is 6.57. The maximum absolute atomic E-state index is 11.8. The van der Waals surface area contributed by atoms with E-state index in [-0.39, 0.29) is 11.8 Å². The van der Waals surface area contributed by atoms with Crippen LogP contribution in [0.25, 0.3) is 0 Å². The molecule has 0 bridgehead atoms. The predicted octanol–water partition coefficient (Wildman–Crippen LogP) is 1.82. The van der Waals surface area contributed by atoms with E-state index < -0.39 is 0 Å². The number of hydroxylamine groups is 2. The zero-order chi connectivity index (χ0) is 16.4. The lowest BCUT2D eigenvalue weighted by Gasteiger charge is -2.12. The molecule has 0 saturated heterocycles. The Morgan fingerprint density at radius 3 is 1.91 bits per heavy atom. The fraction of sp³-hybridized carbons (Fsp3) is 0.429. The van der Waals surface area contributed by atoms with Crippen LogP contribution in [0.2, 0.25) is 0 Å². The number of nitrogens with two attached hydrogens (primary N) is 1. The molecule has 1 aliphatic heterocycles. The summed E-state index contributed by atoms with van der Waals surface area (Å²) >= 11 is 3.32.